The van der Waals surface area contributed by atoms with E-state index in [0.717, 1.165) is 12.0 Å². The summed E-state index contributed by atoms with van der Waals surface area (Å²) in [5, 5.41) is 23.4. The average Bonchev–Trinajstić information content (AvgIpc) is 2.78. The van der Waals surface area contributed by atoms with Crippen LogP contribution in [0.15, 0.2) is 29.4 Å². The number of hydrogen-bond donors (Lipinski definition) is 1. The molecular formula is C11H13N5O. The number of aryl methyl sites for hydroxylation is 2. The van der Waals surface area contributed by atoms with Crippen LogP contribution < -0.4 is 0 Å². The van der Waals surface area contributed by atoms with Gasteiger partial charge < -0.3 is 5.21 Å². The second-order valence-electron chi connectivity index (χ2n) is 3.61. The van der Waals surface area contributed by atoms with Crippen LogP contribution in [-0.2, 0) is 6.42 Å². The number of aromatic nitrogens is 4. The zero-order valence-corrected chi connectivity index (χ0v) is 9.70. The maximum absolute atomic E-state index is 9.07. The van der Waals surface area contributed by atoms with Gasteiger partial charge in [0, 0.05) is 5.56 Å². The van der Waals surface area contributed by atoms with Crippen molar-refractivity contribution in [3.05, 3.63) is 41.2 Å². The predicted molar refractivity (Wildman–Crippen MR) is 62.1 cm³/mol. The monoisotopic (exact) mass is 231 g/mol. The Bertz CT molecular complexity index is 529. The fraction of sp³-hybridized carbons (Fsp3) is 0.273. The van der Waals surface area contributed by atoms with Gasteiger partial charge >= 0.3 is 0 Å². The summed E-state index contributed by atoms with van der Waals surface area (Å²) in [4.78, 5) is 0. The molecule has 0 aliphatic carbocycles. The molecule has 0 aliphatic heterocycles. The molecule has 2 rings (SSSR count). The van der Waals surface area contributed by atoms with Crippen LogP contribution >= 0.6 is 0 Å². The number of benzene rings is 1. The van der Waals surface area contributed by atoms with Crippen LogP contribution in [0.3, 0.4) is 0 Å². The van der Waals surface area contributed by atoms with E-state index in [4.69, 9.17) is 5.21 Å². The third kappa shape index (κ3) is 2.15. The predicted octanol–water partition coefficient (Wildman–Crippen LogP) is 1.23. The van der Waals surface area contributed by atoms with E-state index in [1.165, 1.54) is 10.2 Å². The Morgan fingerprint density at radius 2 is 2.06 bits per heavy atom. The summed E-state index contributed by atoms with van der Waals surface area (Å²) in [6, 6.07) is 7.74. The Balaban J connectivity index is 2.40. The molecule has 0 fully saturated rings. The van der Waals surface area contributed by atoms with Crippen molar-refractivity contribution in [1.29, 1.82) is 0 Å². The van der Waals surface area contributed by atoms with Gasteiger partial charge in [-0.25, -0.2) is 0 Å². The lowest BCUT2D eigenvalue weighted by molar-refractivity contribution is 0.316. The minimum Gasteiger partial charge on any atom is -0.409 e. The van der Waals surface area contributed by atoms with Crippen LogP contribution in [0, 0.1) is 6.92 Å². The molecule has 1 aromatic heterocycles. The van der Waals surface area contributed by atoms with Crippen molar-refractivity contribution in [3.8, 4) is 0 Å². The molecule has 6 nitrogen and oxygen atoms in total. The van der Waals surface area contributed by atoms with Crippen LogP contribution in [0.5, 0.6) is 0 Å². The van der Waals surface area contributed by atoms with Crippen LogP contribution in [-0.4, -0.2) is 31.3 Å². The molecule has 2 aromatic rings. The molecule has 1 aromatic carbocycles. The zero-order chi connectivity index (χ0) is 12.3. The molecule has 6 heteroatoms. The molecule has 0 bridgehead atoms. The van der Waals surface area contributed by atoms with E-state index in [-0.39, 0.29) is 0 Å². The fourth-order valence-corrected chi connectivity index (χ4v) is 1.54. The molecule has 17 heavy (non-hydrogen) atoms. The highest BCUT2D eigenvalue weighted by atomic mass is 16.4. The molecule has 0 spiro atoms. The van der Waals surface area contributed by atoms with E-state index in [2.05, 4.69) is 27.6 Å². The van der Waals surface area contributed by atoms with Crippen molar-refractivity contribution < 1.29 is 5.21 Å². The third-order valence-corrected chi connectivity index (χ3v) is 2.54. The maximum Gasteiger partial charge on any atom is 0.203 e. The molecular weight excluding hydrogens is 218 g/mol. The van der Waals surface area contributed by atoms with Crippen LogP contribution in [0.1, 0.15) is 23.9 Å². The van der Waals surface area contributed by atoms with Crippen molar-refractivity contribution in [1.82, 2.24) is 20.2 Å². The molecule has 0 saturated heterocycles. The summed E-state index contributed by atoms with van der Waals surface area (Å²) in [7, 11) is 0. The van der Waals surface area contributed by atoms with Crippen LogP contribution in [0.25, 0.3) is 0 Å². The highest BCUT2D eigenvalue weighted by molar-refractivity contribution is 5.99. The summed E-state index contributed by atoms with van der Waals surface area (Å²) in [5.41, 5.74) is 1.99. The second-order valence-corrected chi connectivity index (χ2v) is 3.61. The standard InChI is InChI=1S/C11H13N5O/c1-3-9-4-6-10(7-5-9)11(13-17)16-8(2)12-14-15-16/h4-7,17H,3H2,1-2H3/b13-11+. The van der Waals surface area contributed by atoms with Crippen molar-refractivity contribution in [2.45, 2.75) is 20.3 Å². The summed E-state index contributed by atoms with van der Waals surface area (Å²) in [6.45, 7) is 3.83. The molecule has 0 unspecified atom stereocenters. The van der Waals surface area contributed by atoms with E-state index in [1.807, 2.05) is 24.3 Å². The topological polar surface area (TPSA) is 76.2 Å². The van der Waals surface area contributed by atoms with E-state index in [9.17, 15) is 0 Å². The van der Waals surface area contributed by atoms with Crippen molar-refractivity contribution in [3.63, 3.8) is 0 Å². The summed E-state index contributed by atoms with van der Waals surface area (Å²) in [5.74, 6) is 0.882. The van der Waals surface area contributed by atoms with Gasteiger partial charge in [-0.05, 0) is 29.3 Å². The van der Waals surface area contributed by atoms with Gasteiger partial charge in [0.05, 0.1) is 0 Å². The van der Waals surface area contributed by atoms with Crippen LogP contribution in [0.4, 0.5) is 0 Å². The largest absolute Gasteiger partial charge is 0.409 e. The first-order valence-electron chi connectivity index (χ1n) is 5.33. The van der Waals surface area contributed by atoms with Crippen molar-refractivity contribution in [2.24, 2.45) is 5.16 Å². The Hall–Kier alpha value is -2.24. The van der Waals surface area contributed by atoms with E-state index in [1.54, 1.807) is 6.92 Å². The first kappa shape index (κ1) is 11.3. The first-order chi connectivity index (χ1) is 8.26. The van der Waals surface area contributed by atoms with Crippen LogP contribution in [0.2, 0.25) is 0 Å². The minimum absolute atomic E-state index is 0.315. The maximum atomic E-state index is 9.07. The molecule has 1 heterocycles. The average molecular weight is 231 g/mol. The van der Waals surface area contributed by atoms with E-state index >= 15 is 0 Å². The SMILES string of the molecule is CCc1ccc(/C(=N\O)n2nnnc2C)cc1. The molecule has 88 valence electrons. The first-order valence-corrected chi connectivity index (χ1v) is 5.33. The normalized spacial score (nSPS) is 11.8. The third-order valence-electron chi connectivity index (χ3n) is 2.54. The highest BCUT2D eigenvalue weighted by Crippen LogP contribution is 2.08. The molecule has 0 atom stereocenters. The Morgan fingerprint density at radius 1 is 1.35 bits per heavy atom. The van der Waals surface area contributed by atoms with E-state index < -0.39 is 0 Å². The van der Waals surface area contributed by atoms with E-state index in [0.29, 0.717) is 11.7 Å². The van der Waals surface area contributed by atoms with Gasteiger partial charge in [0.1, 0.15) is 0 Å². The second kappa shape index (κ2) is 4.73. The minimum atomic E-state index is 0.315. The van der Waals surface area contributed by atoms with Gasteiger partial charge in [0.2, 0.25) is 5.84 Å². The number of oxime groups is 1. The van der Waals surface area contributed by atoms with Gasteiger partial charge in [0.25, 0.3) is 0 Å². The molecule has 0 radical (unpaired) electrons. The number of nitrogens with zero attached hydrogens (tertiary/aromatic N) is 5. The summed E-state index contributed by atoms with van der Waals surface area (Å²) < 4.78 is 1.39. The zero-order valence-electron chi connectivity index (χ0n) is 9.70. The quantitative estimate of drug-likeness (QED) is 0.365. The Labute approximate surface area is 98.6 Å². The Kier molecular flexibility index (Phi) is 3.13. The lowest BCUT2D eigenvalue weighted by atomic mass is 10.1. The number of rotatable bonds is 2. The molecule has 1 N–H and O–H groups in total. The highest BCUT2D eigenvalue weighted by Gasteiger charge is 2.11. The fourth-order valence-electron chi connectivity index (χ4n) is 1.54. The van der Waals surface area contributed by atoms with Crippen molar-refractivity contribution in [2.75, 3.05) is 0 Å². The van der Waals surface area contributed by atoms with Gasteiger partial charge in [0.15, 0.2) is 5.82 Å². The van der Waals surface area contributed by atoms with Gasteiger partial charge in [-0.2, -0.15) is 4.68 Å². The summed E-state index contributed by atoms with van der Waals surface area (Å²) in [6.07, 6.45) is 0.968. The van der Waals surface area contributed by atoms with Gasteiger partial charge in [-0.3, -0.25) is 0 Å². The molecule has 0 aliphatic rings. The number of tetrazole rings is 1. The smallest absolute Gasteiger partial charge is 0.203 e. The molecule has 0 saturated carbocycles. The summed E-state index contributed by atoms with van der Waals surface area (Å²) >= 11 is 0. The lowest BCUT2D eigenvalue weighted by Crippen LogP contribution is -2.17. The molecule has 0 amide bonds. The lowest BCUT2D eigenvalue weighted by Gasteiger charge is -2.05. The van der Waals surface area contributed by atoms with Gasteiger partial charge in [-0.15, -0.1) is 5.10 Å². The Morgan fingerprint density at radius 3 is 2.53 bits per heavy atom. The van der Waals surface area contributed by atoms with Crippen molar-refractivity contribution >= 4 is 5.84 Å². The van der Waals surface area contributed by atoms with Gasteiger partial charge in [-0.1, -0.05) is 36.3 Å². The number of hydrogen-bond acceptors (Lipinski definition) is 5.